The number of nitrogens with one attached hydrogen (secondary N) is 2. The number of pyridine rings is 2. The van der Waals surface area contributed by atoms with Crippen molar-refractivity contribution in [2.75, 3.05) is 18.4 Å². The highest BCUT2D eigenvalue weighted by Gasteiger charge is 2.12. The fraction of sp³-hybridized carbons (Fsp3) is 0.286. The Hall–Kier alpha value is -2.54. The second-order valence-corrected chi connectivity index (χ2v) is 4.45. The van der Waals surface area contributed by atoms with Crippen LogP contribution in [0, 0.1) is 10.1 Å². The molecule has 110 valence electrons. The van der Waals surface area contributed by atoms with Crippen molar-refractivity contribution in [3.8, 4) is 0 Å². The number of nitrogens with zero attached hydrogens (tertiary/aromatic N) is 3. The van der Waals surface area contributed by atoms with Crippen LogP contribution in [0.25, 0.3) is 0 Å². The highest BCUT2D eigenvalue weighted by Crippen LogP contribution is 2.19. The van der Waals surface area contributed by atoms with E-state index in [0.717, 1.165) is 25.1 Å². The van der Waals surface area contributed by atoms with Crippen LogP contribution in [-0.2, 0) is 6.54 Å². The van der Waals surface area contributed by atoms with Gasteiger partial charge in [-0.1, -0.05) is 6.07 Å². The molecule has 0 aliphatic heterocycles. The molecule has 0 radical (unpaired) electrons. The first-order valence-electron chi connectivity index (χ1n) is 6.70. The lowest BCUT2D eigenvalue weighted by Gasteiger charge is -2.07. The average Bonchev–Trinajstić information content (AvgIpc) is 2.52. The summed E-state index contributed by atoms with van der Waals surface area (Å²) in [7, 11) is 0. The third-order valence-corrected chi connectivity index (χ3v) is 2.86. The second kappa shape index (κ2) is 7.91. The van der Waals surface area contributed by atoms with Crippen molar-refractivity contribution in [1.82, 2.24) is 15.3 Å². The molecule has 0 spiro atoms. The third kappa shape index (κ3) is 4.81. The van der Waals surface area contributed by atoms with Crippen molar-refractivity contribution in [2.45, 2.75) is 13.0 Å². The summed E-state index contributed by atoms with van der Waals surface area (Å²) in [5.74, 6) is -0.138. The van der Waals surface area contributed by atoms with E-state index in [9.17, 15) is 10.1 Å². The summed E-state index contributed by atoms with van der Waals surface area (Å²) < 4.78 is 0. The molecule has 7 nitrogen and oxygen atoms in total. The molecular formula is C14H17N5O2. The first kappa shape index (κ1) is 14.9. The smallest absolute Gasteiger partial charge is 0.378 e. The van der Waals surface area contributed by atoms with E-state index in [1.807, 2.05) is 18.3 Å². The minimum atomic E-state index is -0.483. The maximum atomic E-state index is 10.8. The third-order valence-electron chi connectivity index (χ3n) is 2.86. The molecule has 0 fully saturated rings. The second-order valence-electron chi connectivity index (χ2n) is 4.45. The molecule has 0 bridgehead atoms. The van der Waals surface area contributed by atoms with Gasteiger partial charge in [-0.15, -0.1) is 0 Å². The van der Waals surface area contributed by atoms with Crippen LogP contribution in [0.3, 0.4) is 0 Å². The van der Waals surface area contributed by atoms with Gasteiger partial charge in [0.15, 0.2) is 0 Å². The quantitative estimate of drug-likeness (QED) is 0.438. The summed E-state index contributed by atoms with van der Waals surface area (Å²) in [6, 6.07) is 7.25. The predicted octanol–water partition coefficient (Wildman–Crippen LogP) is 1.98. The van der Waals surface area contributed by atoms with Crippen molar-refractivity contribution in [2.24, 2.45) is 0 Å². The highest BCUT2D eigenvalue weighted by atomic mass is 16.6. The molecule has 2 aromatic heterocycles. The Labute approximate surface area is 122 Å². The molecule has 2 rings (SSSR count). The summed E-state index contributed by atoms with van der Waals surface area (Å²) in [5, 5.41) is 17.1. The first-order valence-corrected chi connectivity index (χ1v) is 6.70. The van der Waals surface area contributed by atoms with E-state index < -0.39 is 4.92 Å². The number of anilines is 1. The number of hydrogen-bond acceptors (Lipinski definition) is 6. The lowest BCUT2D eigenvalue weighted by Crippen LogP contribution is -2.18. The Bertz CT molecular complexity index is 577. The van der Waals surface area contributed by atoms with Crippen molar-refractivity contribution in [3.63, 3.8) is 0 Å². The van der Waals surface area contributed by atoms with Crippen LogP contribution in [0.5, 0.6) is 0 Å². The summed E-state index contributed by atoms with van der Waals surface area (Å²) in [5.41, 5.74) is 1.59. The van der Waals surface area contributed by atoms with Crippen LogP contribution < -0.4 is 10.6 Å². The molecular weight excluding hydrogens is 270 g/mol. The summed E-state index contributed by atoms with van der Waals surface area (Å²) >= 11 is 0. The molecule has 21 heavy (non-hydrogen) atoms. The van der Waals surface area contributed by atoms with Crippen LogP contribution in [0.4, 0.5) is 11.5 Å². The largest absolute Gasteiger partial charge is 0.386 e. The Kier molecular flexibility index (Phi) is 5.60. The molecule has 0 aromatic carbocycles. The SMILES string of the molecule is O=[N+]([O-])c1ncccc1NCCCNCc1cccnc1. The van der Waals surface area contributed by atoms with Crippen LogP contribution >= 0.6 is 0 Å². The molecule has 0 aliphatic rings. The van der Waals surface area contributed by atoms with Crippen LogP contribution in [0.1, 0.15) is 12.0 Å². The van der Waals surface area contributed by atoms with Crippen molar-refractivity contribution in [1.29, 1.82) is 0 Å². The van der Waals surface area contributed by atoms with Crippen molar-refractivity contribution in [3.05, 3.63) is 58.5 Å². The minimum Gasteiger partial charge on any atom is -0.378 e. The van der Waals surface area contributed by atoms with Gasteiger partial charge in [0.2, 0.25) is 0 Å². The van der Waals surface area contributed by atoms with E-state index in [-0.39, 0.29) is 5.82 Å². The maximum absolute atomic E-state index is 10.8. The van der Waals surface area contributed by atoms with Gasteiger partial charge >= 0.3 is 5.82 Å². The van der Waals surface area contributed by atoms with Crippen LogP contribution in [0.15, 0.2) is 42.9 Å². The Morgan fingerprint density at radius 3 is 2.81 bits per heavy atom. The number of rotatable bonds is 8. The van der Waals surface area contributed by atoms with Gasteiger partial charge in [-0.2, -0.15) is 0 Å². The van der Waals surface area contributed by atoms with E-state index in [1.165, 1.54) is 6.20 Å². The average molecular weight is 287 g/mol. The molecule has 2 N–H and O–H groups in total. The summed E-state index contributed by atoms with van der Waals surface area (Å²) in [6.07, 6.45) is 5.84. The highest BCUT2D eigenvalue weighted by molar-refractivity contribution is 5.56. The van der Waals surface area contributed by atoms with E-state index in [1.54, 1.807) is 18.3 Å². The lowest BCUT2D eigenvalue weighted by molar-refractivity contribution is -0.388. The number of aromatic nitrogens is 2. The predicted molar refractivity (Wildman–Crippen MR) is 79.9 cm³/mol. The van der Waals surface area contributed by atoms with E-state index in [2.05, 4.69) is 20.6 Å². The van der Waals surface area contributed by atoms with Crippen LogP contribution in [-0.4, -0.2) is 28.0 Å². The van der Waals surface area contributed by atoms with Gasteiger partial charge in [0, 0.05) is 25.5 Å². The molecule has 0 atom stereocenters. The number of hydrogen-bond donors (Lipinski definition) is 2. The summed E-state index contributed by atoms with van der Waals surface area (Å²) in [4.78, 5) is 18.1. The molecule has 7 heteroatoms. The zero-order valence-electron chi connectivity index (χ0n) is 11.5. The molecule has 0 amide bonds. The molecule has 0 saturated heterocycles. The molecule has 0 aliphatic carbocycles. The van der Waals surface area contributed by atoms with Gasteiger partial charge in [0.25, 0.3) is 0 Å². The Morgan fingerprint density at radius 1 is 1.19 bits per heavy atom. The molecule has 0 unspecified atom stereocenters. The van der Waals surface area contributed by atoms with Gasteiger partial charge in [0.05, 0.1) is 0 Å². The van der Waals surface area contributed by atoms with E-state index in [4.69, 9.17) is 0 Å². The monoisotopic (exact) mass is 287 g/mol. The van der Waals surface area contributed by atoms with E-state index in [0.29, 0.717) is 12.2 Å². The zero-order valence-corrected chi connectivity index (χ0v) is 11.5. The van der Waals surface area contributed by atoms with Crippen LogP contribution in [0.2, 0.25) is 0 Å². The van der Waals surface area contributed by atoms with Crippen molar-refractivity contribution >= 4 is 11.5 Å². The zero-order chi connectivity index (χ0) is 14.9. The minimum absolute atomic E-state index is 0.138. The molecule has 0 saturated carbocycles. The van der Waals surface area contributed by atoms with E-state index >= 15 is 0 Å². The fourth-order valence-corrected chi connectivity index (χ4v) is 1.85. The first-order chi connectivity index (χ1) is 10.3. The lowest BCUT2D eigenvalue weighted by atomic mass is 10.3. The Morgan fingerprint density at radius 2 is 2.05 bits per heavy atom. The normalized spacial score (nSPS) is 10.3. The standard InChI is InChI=1S/C14H17N5O2/c20-19(21)14-13(5-2-8-18-14)17-9-3-7-16-11-12-4-1-6-15-10-12/h1-2,4-6,8,10,16-17H,3,7,9,11H2. The van der Waals surface area contributed by atoms with Gasteiger partial charge in [0.1, 0.15) is 11.9 Å². The summed E-state index contributed by atoms with van der Waals surface area (Å²) in [6.45, 7) is 2.23. The van der Waals surface area contributed by atoms with Gasteiger partial charge in [-0.05, 0) is 46.6 Å². The maximum Gasteiger partial charge on any atom is 0.386 e. The van der Waals surface area contributed by atoms with Gasteiger partial charge in [-0.3, -0.25) is 4.98 Å². The van der Waals surface area contributed by atoms with Gasteiger partial charge < -0.3 is 20.7 Å². The fourth-order valence-electron chi connectivity index (χ4n) is 1.85. The molecule has 2 heterocycles. The topological polar surface area (TPSA) is 93.0 Å². The number of nitro groups is 1. The van der Waals surface area contributed by atoms with Crippen molar-refractivity contribution < 1.29 is 4.92 Å². The Balaban J connectivity index is 1.67. The van der Waals surface area contributed by atoms with Gasteiger partial charge in [-0.25, -0.2) is 0 Å². The molecule has 2 aromatic rings.